The molecule has 0 aromatic rings. The number of nitrogens with one attached hydrogen (secondary N) is 1. The third-order valence-electron chi connectivity index (χ3n) is 3.19. The van der Waals surface area contributed by atoms with E-state index in [-0.39, 0.29) is 0 Å². The summed E-state index contributed by atoms with van der Waals surface area (Å²) in [5.74, 6) is 1.65. The van der Waals surface area contributed by atoms with Crippen molar-refractivity contribution < 1.29 is 4.74 Å². The fraction of sp³-hybridized carbons (Fsp3) is 1.00. The molecule has 0 bridgehead atoms. The molecule has 2 nitrogen and oxygen atoms in total. The van der Waals surface area contributed by atoms with Gasteiger partial charge in [-0.1, -0.05) is 13.8 Å². The van der Waals surface area contributed by atoms with Crippen molar-refractivity contribution in [3.63, 3.8) is 0 Å². The van der Waals surface area contributed by atoms with Gasteiger partial charge in [-0.25, -0.2) is 0 Å². The van der Waals surface area contributed by atoms with Crippen LogP contribution in [0.25, 0.3) is 0 Å². The van der Waals surface area contributed by atoms with Crippen LogP contribution >= 0.6 is 0 Å². The summed E-state index contributed by atoms with van der Waals surface area (Å²) in [4.78, 5) is 0. The molecule has 0 aromatic heterocycles. The van der Waals surface area contributed by atoms with Crippen molar-refractivity contribution in [2.45, 2.75) is 45.3 Å². The molecule has 2 rings (SSSR count). The molecule has 2 atom stereocenters. The summed E-state index contributed by atoms with van der Waals surface area (Å²) in [6.45, 7) is 6.63. The molecule has 2 heteroatoms. The molecule has 0 amide bonds. The van der Waals surface area contributed by atoms with Crippen molar-refractivity contribution in [2.24, 2.45) is 11.8 Å². The highest BCUT2D eigenvalue weighted by atomic mass is 16.5. The maximum Gasteiger partial charge on any atom is 0.0714 e. The molecule has 0 spiro atoms. The largest absolute Gasteiger partial charge is 0.377 e. The monoisotopic (exact) mass is 183 g/mol. The van der Waals surface area contributed by atoms with Crippen LogP contribution in [-0.4, -0.2) is 25.3 Å². The van der Waals surface area contributed by atoms with Gasteiger partial charge in [0.1, 0.15) is 0 Å². The Morgan fingerprint density at radius 3 is 2.69 bits per heavy atom. The second-order valence-electron chi connectivity index (χ2n) is 4.89. The van der Waals surface area contributed by atoms with Gasteiger partial charge < -0.3 is 10.1 Å². The first-order valence-corrected chi connectivity index (χ1v) is 5.60. The summed E-state index contributed by atoms with van der Waals surface area (Å²) in [5.41, 5.74) is 0. The molecule has 0 radical (unpaired) electrons. The van der Waals surface area contributed by atoms with Gasteiger partial charge in [-0.2, -0.15) is 0 Å². The number of hydrogen-bond donors (Lipinski definition) is 1. The van der Waals surface area contributed by atoms with E-state index in [1.54, 1.807) is 0 Å². The first-order chi connectivity index (χ1) is 6.25. The lowest BCUT2D eigenvalue weighted by Gasteiger charge is -2.14. The smallest absolute Gasteiger partial charge is 0.0714 e. The summed E-state index contributed by atoms with van der Waals surface area (Å²) < 4.78 is 5.84. The molecule has 2 fully saturated rings. The molecule has 0 aromatic carbocycles. The Bertz CT molecular complexity index is 165. The first kappa shape index (κ1) is 9.47. The van der Waals surface area contributed by atoms with Crippen LogP contribution in [0.5, 0.6) is 0 Å². The zero-order chi connectivity index (χ0) is 9.26. The van der Waals surface area contributed by atoms with E-state index < -0.39 is 0 Å². The van der Waals surface area contributed by atoms with Gasteiger partial charge in [0, 0.05) is 19.2 Å². The van der Waals surface area contributed by atoms with Gasteiger partial charge in [-0.15, -0.1) is 0 Å². The van der Waals surface area contributed by atoms with E-state index in [2.05, 4.69) is 19.2 Å². The lowest BCUT2D eigenvalue weighted by Crippen LogP contribution is -2.26. The third kappa shape index (κ3) is 2.68. The Balaban J connectivity index is 1.65. The summed E-state index contributed by atoms with van der Waals surface area (Å²) in [7, 11) is 0. The molecule has 1 heterocycles. The van der Waals surface area contributed by atoms with Crippen molar-refractivity contribution in [3.05, 3.63) is 0 Å². The molecular weight excluding hydrogens is 162 g/mol. The van der Waals surface area contributed by atoms with Gasteiger partial charge in [0.05, 0.1) is 6.10 Å². The Labute approximate surface area is 81.0 Å². The van der Waals surface area contributed by atoms with Crippen LogP contribution < -0.4 is 5.32 Å². The van der Waals surface area contributed by atoms with Crippen LogP contribution in [0, 0.1) is 11.8 Å². The van der Waals surface area contributed by atoms with Crippen molar-refractivity contribution in [2.75, 3.05) is 13.2 Å². The van der Waals surface area contributed by atoms with Crippen LogP contribution in [0.1, 0.15) is 33.1 Å². The van der Waals surface area contributed by atoms with Crippen LogP contribution in [-0.2, 0) is 4.74 Å². The summed E-state index contributed by atoms with van der Waals surface area (Å²) in [5, 5.41) is 3.53. The molecule has 2 aliphatic rings. The van der Waals surface area contributed by atoms with Crippen LogP contribution in [0.15, 0.2) is 0 Å². The lowest BCUT2D eigenvalue weighted by atomic mass is 10.0. The van der Waals surface area contributed by atoms with Gasteiger partial charge in [0.2, 0.25) is 0 Å². The Hall–Kier alpha value is -0.0800. The van der Waals surface area contributed by atoms with E-state index in [1.807, 2.05) is 0 Å². The second-order valence-corrected chi connectivity index (χ2v) is 4.89. The topological polar surface area (TPSA) is 21.3 Å². The zero-order valence-corrected chi connectivity index (χ0v) is 8.75. The lowest BCUT2D eigenvalue weighted by molar-refractivity contribution is 0.0569. The molecule has 13 heavy (non-hydrogen) atoms. The normalized spacial score (nSPS) is 34.4. The van der Waals surface area contributed by atoms with E-state index >= 15 is 0 Å². The van der Waals surface area contributed by atoms with Crippen LogP contribution in [0.3, 0.4) is 0 Å². The van der Waals surface area contributed by atoms with Gasteiger partial charge in [0.15, 0.2) is 0 Å². The minimum atomic E-state index is 0.494. The molecule has 1 aliphatic heterocycles. The molecule has 1 N–H and O–H groups in total. The predicted molar refractivity (Wildman–Crippen MR) is 53.7 cm³/mol. The van der Waals surface area contributed by atoms with E-state index in [0.29, 0.717) is 12.1 Å². The summed E-state index contributed by atoms with van der Waals surface area (Å²) >= 11 is 0. The molecule has 1 saturated carbocycles. The van der Waals surface area contributed by atoms with E-state index in [0.717, 1.165) is 25.0 Å². The summed E-state index contributed by atoms with van der Waals surface area (Å²) in [6.07, 6.45) is 4.50. The number of rotatable bonds is 4. The number of ether oxygens (including phenoxy) is 1. The molecule has 1 saturated heterocycles. The van der Waals surface area contributed by atoms with E-state index in [4.69, 9.17) is 4.74 Å². The Morgan fingerprint density at radius 1 is 1.38 bits per heavy atom. The zero-order valence-electron chi connectivity index (χ0n) is 8.75. The van der Waals surface area contributed by atoms with Gasteiger partial charge >= 0.3 is 0 Å². The maximum atomic E-state index is 5.84. The van der Waals surface area contributed by atoms with E-state index in [9.17, 15) is 0 Å². The van der Waals surface area contributed by atoms with Crippen molar-refractivity contribution in [1.82, 2.24) is 5.32 Å². The van der Waals surface area contributed by atoms with E-state index in [1.165, 1.54) is 19.3 Å². The van der Waals surface area contributed by atoms with Gasteiger partial charge in [-0.05, 0) is 31.1 Å². The minimum absolute atomic E-state index is 0.494. The highest BCUT2D eigenvalue weighted by Crippen LogP contribution is 2.30. The van der Waals surface area contributed by atoms with Crippen LogP contribution in [0.4, 0.5) is 0 Å². The molecule has 1 aliphatic carbocycles. The van der Waals surface area contributed by atoms with Crippen molar-refractivity contribution in [3.8, 4) is 0 Å². The first-order valence-electron chi connectivity index (χ1n) is 5.60. The highest BCUT2D eigenvalue weighted by molar-refractivity contribution is 4.85. The standard InChI is InChI=1S/C11H21NO/c1-8(2)11-5-10(6-12-11)13-7-9-3-4-9/h8-12H,3-7H2,1-2H3/t10-,11+/m1/s1. The average Bonchev–Trinajstić information content (AvgIpc) is 2.79. The molecular formula is C11H21NO. The third-order valence-corrected chi connectivity index (χ3v) is 3.19. The maximum absolute atomic E-state index is 5.84. The minimum Gasteiger partial charge on any atom is -0.377 e. The van der Waals surface area contributed by atoms with Crippen molar-refractivity contribution >= 4 is 0 Å². The predicted octanol–water partition coefficient (Wildman–Crippen LogP) is 1.80. The average molecular weight is 183 g/mol. The molecule has 76 valence electrons. The quantitative estimate of drug-likeness (QED) is 0.717. The Morgan fingerprint density at radius 2 is 2.15 bits per heavy atom. The Kier molecular flexibility index (Phi) is 2.89. The van der Waals surface area contributed by atoms with Gasteiger partial charge in [0.25, 0.3) is 0 Å². The second kappa shape index (κ2) is 3.97. The van der Waals surface area contributed by atoms with Crippen LogP contribution in [0.2, 0.25) is 0 Å². The fourth-order valence-corrected chi connectivity index (χ4v) is 1.92. The van der Waals surface area contributed by atoms with Gasteiger partial charge in [-0.3, -0.25) is 0 Å². The number of hydrogen-bond acceptors (Lipinski definition) is 2. The highest BCUT2D eigenvalue weighted by Gasteiger charge is 2.29. The van der Waals surface area contributed by atoms with Crippen molar-refractivity contribution in [1.29, 1.82) is 0 Å². The summed E-state index contributed by atoms with van der Waals surface area (Å²) in [6, 6.07) is 0.684. The fourth-order valence-electron chi connectivity index (χ4n) is 1.92. The molecule has 0 unspecified atom stereocenters. The SMILES string of the molecule is CC(C)[C@@H]1C[C@@H](OCC2CC2)CN1.